The van der Waals surface area contributed by atoms with Gasteiger partial charge in [0.05, 0.1) is 0 Å². The van der Waals surface area contributed by atoms with Crippen molar-refractivity contribution in [2.45, 2.75) is 19.4 Å². The molecule has 4 amide bonds. The molecule has 0 saturated carbocycles. The van der Waals surface area contributed by atoms with Crippen LogP contribution in [-0.4, -0.2) is 29.3 Å². The Balaban J connectivity index is 1.72. The lowest BCUT2D eigenvalue weighted by Gasteiger charge is -2.22. The van der Waals surface area contributed by atoms with E-state index in [9.17, 15) is 14.4 Å². The van der Waals surface area contributed by atoms with Crippen LogP contribution < -0.4 is 10.6 Å². The van der Waals surface area contributed by atoms with E-state index in [2.05, 4.69) is 10.6 Å². The molecule has 1 aliphatic rings. The van der Waals surface area contributed by atoms with Gasteiger partial charge < -0.3 is 10.6 Å². The standard InChI is InChI=1S/C19H19N3O3/c1-13-8-10-15(11-9-13)20-16(23)12-22-17(24)19(2,21-18(22)25)14-6-4-3-5-7-14/h3-11H,12H2,1-2H3,(H,20,23)(H,21,25). The molecule has 2 N–H and O–H groups in total. The Kier molecular flexibility index (Phi) is 4.27. The summed E-state index contributed by atoms with van der Waals surface area (Å²) in [5.41, 5.74) is 1.21. The molecule has 3 rings (SSSR count). The normalized spacial score (nSPS) is 19.7. The minimum absolute atomic E-state index is 0.332. The zero-order valence-corrected chi connectivity index (χ0v) is 14.1. The van der Waals surface area contributed by atoms with E-state index in [1.807, 2.05) is 25.1 Å². The number of rotatable bonds is 4. The summed E-state index contributed by atoms with van der Waals surface area (Å²) in [4.78, 5) is 38.1. The number of hydrogen-bond donors (Lipinski definition) is 2. The molecule has 0 spiro atoms. The minimum atomic E-state index is -1.16. The van der Waals surface area contributed by atoms with Crippen LogP contribution in [0.25, 0.3) is 0 Å². The van der Waals surface area contributed by atoms with Crippen LogP contribution in [-0.2, 0) is 15.1 Å². The minimum Gasteiger partial charge on any atom is -0.325 e. The van der Waals surface area contributed by atoms with Gasteiger partial charge in [0.25, 0.3) is 5.91 Å². The van der Waals surface area contributed by atoms with Gasteiger partial charge in [-0.25, -0.2) is 4.79 Å². The quantitative estimate of drug-likeness (QED) is 0.841. The fourth-order valence-electron chi connectivity index (χ4n) is 2.79. The molecule has 1 saturated heterocycles. The SMILES string of the molecule is Cc1ccc(NC(=O)CN2C(=O)NC(C)(c3ccccc3)C2=O)cc1. The number of hydrogen-bond acceptors (Lipinski definition) is 3. The Morgan fingerprint density at radius 1 is 1.08 bits per heavy atom. The third-order valence-corrected chi connectivity index (χ3v) is 4.26. The summed E-state index contributed by atoms with van der Waals surface area (Å²) in [7, 11) is 0. The molecule has 1 unspecified atom stereocenters. The third-order valence-electron chi connectivity index (χ3n) is 4.26. The van der Waals surface area contributed by atoms with Gasteiger partial charge in [-0.2, -0.15) is 0 Å². The first kappa shape index (κ1) is 16.7. The van der Waals surface area contributed by atoms with Gasteiger partial charge in [0, 0.05) is 5.69 Å². The van der Waals surface area contributed by atoms with Crippen molar-refractivity contribution in [2.24, 2.45) is 0 Å². The van der Waals surface area contributed by atoms with E-state index in [0.717, 1.165) is 10.5 Å². The van der Waals surface area contributed by atoms with E-state index in [4.69, 9.17) is 0 Å². The molecule has 6 heteroatoms. The van der Waals surface area contributed by atoms with Crippen molar-refractivity contribution in [1.29, 1.82) is 0 Å². The summed E-state index contributed by atoms with van der Waals surface area (Å²) in [6.45, 7) is 3.25. The van der Waals surface area contributed by atoms with Crippen molar-refractivity contribution in [3.05, 3.63) is 65.7 Å². The van der Waals surface area contributed by atoms with Gasteiger partial charge in [0.1, 0.15) is 12.1 Å². The summed E-state index contributed by atoms with van der Waals surface area (Å²) < 4.78 is 0. The van der Waals surface area contributed by atoms with Gasteiger partial charge in [-0.3, -0.25) is 14.5 Å². The molecule has 0 aliphatic carbocycles. The Bertz CT molecular complexity index is 818. The van der Waals surface area contributed by atoms with Gasteiger partial charge in [-0.05, 0) is 31.5 Å². The molecule has 1 heterocycles. The van der Waals surface area contributed by atoms with Gasteiger partial charge in [0.2, 0.25) is 5.91 Å². The lowest BCUT2D eigenvalue weighted by atomic mass is 9.92. The summed E-state index contributed by atoms with van der Waals surface area (Å²) in [6, 6.07) is 15.7. The number of carbonyl (C=O) groups is 3. The van der Waals surface area contributed by atoms with Crippen LogP contribution in [0.4, 0.5) is 10.5 Å². The number of nitrogens with zero attached hydrogens (tertiary/aromatic N) is 1. The highest BCUT2D eigenvalue weighted by molar-refractivity contribution is 6.10. The molecule has 1 atom stereocenters. The maximum absolute atomic E-state index is 12.7. The Morgan fingerprint density at radius 2 is 1.72 bits per heavy atom. The largest absolute Gasteiger partial charge is 0.325 e. The van der Waals surface area contributed by atoms with Crippen molar-refractivity contribution in [1.82, 2.24) is 10.2 Å². The molecule has 2 aromatic rings. The summed E-state index contributed by atoms with van der Waals surface area (Å²) in [5.74, 6) is -0.868. The van der Waals surface area contributed by atoms with E-state index >= 15 is 0 Å². The van der Waals surface area contributed by atoms with Crippen molar-refractivity contribution >= 4 is 23.5 Å². The van der Waals surface area contributed by atoms with Crippen LogP contribution in [0.15, 0.2) is 54.6 Å². The smallest absolute Gasteiger partial charge is 0.325 e. The predicted octanol–water partition coefficient (Wildman–Crippen LogP) is 2.40. The highest BCUT2D eigenvalue weighted by atomic mass is 16.2. The predicted molar refractivity (Wildman–Crippen MR) is 93.8 cm³/mol. The number of amides is 4. The second-order valence-corrected chi connectivity index (χ2v) is 6.23. The molecule has 2 aromatic carbocycles. The van der Waals surface area contributed by atoms with E-state index in [1.54, 1.807) is 43.3 Å². The lowest BCUT2D eigenvalue weighted by molar-refractivity contribution is -0.133. The topological polar surface area (TPSA) is 78.5 Å². The van der Waals surface area contributed by atoms with E-state index in [-0.39, 0.29) is 6.54 Å². The van der Waals surface area contributed by atoms with Crippen molar-refractivity contribution in [3.63, 3.8) is 0 Å². The lowest BCUT2D eigenvalue weighted by Crippen LogP contribution is -2.42. The van der Waals surface area contributed by atoms with E-state index < -0.39 is 23.4 Å². The number of carbonyl (C=O) groups excluding carboxylic acids is 3. The number of urea groups is 1. The highest BCUT2D eigenvalue weighted by Gasteiger charge is 2.49. The summed E-state index contributed by atoms with van der Waals surface area (Å²) in [5, 5.41) is 5.37. The first-order valence-electron chi connectivity index (χ1n) is 7.96. The van der Waals surface area contributed by atoms with Crippen LogP contribution in [0.1, 0.15) is 18.1 Å². The fraction of sp³-hybridized carbons (Fsp3) is 0.211. The van der Waals surface area contributed by atoms with Gasteiger partial charge >= 0.3 is 6.03 Å². The van der Waals surface area contributed by atoms with Gasteiger partial charge in [-0.15, -0.1) is 0 Å². The third kappa shape index (κ3) is 3.24. The number of benzene rings is 2. The maximum atomic E-state index is 12.7. The monoisotopic (exact) mass is 337 g/mol. The van der Waals surface area contributed by atoms with E-state index in [0.29, 0.717) is 11.3 Å². The van der Waals surface area contributed by atoms with Crippen LogP contribution in [0.2, 0.25) is 0 Å². The molecule has 25 heavy (non-hydrogen) atoms. The summed E-state index contributed by atoms with van der Waals surface area (Å²) in [6.07, 6.45) is 0. The number of imide groups is 1. The van der Waals surface area contributed by atoms with Crippen LogP contribution in [0.5, 0.6) is 0 Å². The number of nitrogens with one attached hydrogen (secondary N) is 2. The molecule has 1 aliphatic heterocycles. The average Bonchev–Trinajstić information content (AvgIpc) is 2.82. The Morgan fingerprint density at radius 3 is 2.36 bits per heavy atom. The second-order valence-electron chi connectivity index (χ2n) is 6.23. The summed E-state index contributed by atoms with van der Waals surface area (Å²) >= 11 is 0. The molecular weight excluding hydrogens is 318 g/mol. The molecule has 0 bridgehead atoms. The van der Waals surface area contributed by atoms with Gasteiger partial charge in [-0.1, -0.05) is 48.0 Å². The van der Waals surface area contributed by atoms with Crippen LogP contribution in [0.3, 0.4) is 0 Å². The van der Waals surface area contributed by atoms with Gasteiger partial charge in [0.15, 0.2) is 0 Å². The number of anilines is 1. The first-order valence-corrected chi connectivity index (χ1v) is 7.96. The van der Waals surface area contributed by atoms with E-state index in [1.165, 1.54) is 0 Å². The molecular formula is C19H19N3O3. The molecule has 0 radical (unpaired) electrons. The highest BCUT2D eigenvalue weighted by Crippen LogP contribution is 2.28. The van der Waals surface area contributed by atoms with Crippen molar-refractivity contribution in [3.8, 4) is 0 Å². The second kappa shape index (κ2) is 6.39. The Hall–Kier alpha value is -3.15. The van der Waals surface area contributed by atoms with Crippen LogP contribution >= 0.6 is 0 Å². The Labute approximate surface area is 145 Å². The van der Waals surface area contributed by atoms with Crippen LogP contribution in [0, 0.1) is 6.92 Å². The molecule has 0 aromatic heterocycles. The maximum Gasteiger partial charge on any atom is 0.325 e. The van der Waals surface area contributed by atoms with Crippen molar-refractivity contribution < 1.29 is 14.4 Å². The molecule has 128 valence electrons. The first-order chi connectivity index (χ1) is 11.9. The molecule has 6 nitrogen and oxygen atoms in total. The zero-order valence-electron chi connectivity index (χ0n) is 14.1. The fourth-order valence-corrected chi connectivity index (χ4v) is 2.79. The average molecular weight is 337 g/mol. The zero-order chi connectivity index (χ0) is 18.0. The van der Waals surface area contributed by atoms with Crippen molar-refractivity contribution in [2.75, 3.05) is 11.9 Å². The molecule has 1 fully saturated rings. The number of aryl methyl sites for hydroxylation is 1.